The Hall–Kier alpha value is -2.41. The molecular formula is C12H9N3O. The highest BCUT2D eigenvalue weighted by atomic mass is 16.5. The topological polar surface area (TPSA) is 58.8 Å². The van der Waals surface area contributed by atoms with E-state index in [0.29, 0.717) is 11.3 Å². The summed E-state index contributed by atoms with van der Waals surface area (Å²) in [6.07, 6.45) is 2.78. The number of ether oxygens (including phenoxy) is 1. The summed E-state index contributed by atoms with van der Waals surface area (Å²) >= 11 is 0. The number of nitrogens with zero attached hydrogens (tertiary/aromatic N) is 3. The third kappa shape index (κ3) is 2.15. The van der Waals surface area contributed by atoms with Crippen LogP contribution in [0.15, 0.2) is 36.8 Å². The number of nitriles is 1. The molecular weight excluding hydrogens is 202 g/mol. The van der Waals surface area contributed by atoms with E-state index >= 15 is 0 Å². The highest BCUT2D eigenvalue weighted by Crippen LogP contribution is 2.21. The van der Waals surface area contributed by atoms with E-state index in [1.54, 1.807) is 0 Å². The molecule has 0 saturated carbocycles. The largest absolute Gasteiger partial charge is 0.438 e. The number of rotatable bonds is 2. The summed E-state index contributed by atoms with van der Waals surface area (Å²) in [5.74, 6) is 0.933. The van der Waals surface area contributed by atoms with Gasteiger partial charge in [-0.25, -0.2) is 9.97 Å². The van der Waals surface area contributed by atoms with Gasteiger partial charge in [0.1, 0.15) is 23.7 Å². The van der Waals surface area contributed by atoms with Crippen LogP contribution < -0.4 is 4.74 Å². The zero-order valence-electron chi connectivity index (χ0n) is 8.71. The Bertz CT molecular complexity index is 529. The molecule has 0 radical (unpaired) electrons. The van der Waals surface area contributed by atoms with Crippen molar-refractivity contribution in [1.82, 2.24) is 9.97 Å². The van der Waals surface area contributed by atoms with Crippen LogP contribution in [-0.4, -0.2) is 9.97 Å². The van der Waals surface area contributed by atoms with Gasteiger partial charge in [0.05, 0.1) is 6.20 Å². The summed E-state index contributed by atoms with van der Waals surface area (Å²) in [6, 6.07) is 9.51. The quantitative estimate of drug-likeness (QED) is 0.765. The molecule has 0 spiro atoms. The molecule has 4 heteroatoms. The molecule has 0 aliphatic carbocycles. The minimum absolute atomic E-state index is 0.279. The molecule has 4 nitrogen and oxygen atoms in total. The van der Waals surface area contributed by atoms with Crippen LogP contribution >= 0.6 is 0 Å². The zero-order chi connectivity index (χ0) is 11.4. The fourth-order valence-corrected chi connectivity index (χ4v) is 1.19. The lowest BCUT2D eigenvalue weighted by molar-refractivity contribution is 0.459. The lowest BCUT2D eigenvalue weighted by Gasteiger charge is -2.05. The summed E-state index contributed by atoms with van der Waals surface area (Å²) in [7, 11) is 0. The highest BCUT2D eigenvalue weighted by Gasteiger charge is 2.05. The Morgan fingerprint density at radius 1 is 1.25 bits per heavy atom. The molecule has 1 aromatic carbocycles. The molecule has 0 N–H and O–H groups in total. The van der Waals surface area contributed by atoms with Crippen LogP contribution in [-0.2, 0) is 0 Å². The second kappa shape index (κ2) is 4.41. The first-order valence-electron chi connectivity index (χ1n) is 4.74. The molecule has 2 rings (SSSR count). The van der Waals surface area contributed by atoms with Crippen LogP contribution in [0.5, 0.6) is 11.6 Å². The van der Waals surface area contributed by atoms with Crippen LogP contribution in [0.25, 0.3) is 0 Å². The first-order valence-corrected chi connectivity index (χ1v) is 4.74. The van der Waals surface area contributed by atoms with Gasteiger partial charge in [0.15, 0.2) is 0 Å². The Morgan fingerprint density at radius 2 is 2.00 bits per heavy atom. The van der Waals surface area contributed by atoms with Gasteiger partial charge in [0.2, 0.25) is 5.88 Å². The van der Waals surface area contributed by atoms with Gasteiger partial charge in [-0.05, 0) is 19.1 Å². The van der Waals surface area contributed by atoms with Gasteiger partial charge in [0, 0.05) is 0 Å². The summed E-state index contributed by atoms with van der Waals surface area (Å²) in [4.78, 5) is 7.67. The van der Waals surface area contributed by atoms with E-state index in [-0.39, 0.29) is 5.88 Å². The van der Waals surface area contributed by atoms with Crippen molar-refractivity contribution in [3.63, 3.8) is 0 Å². The Labute approximate surface area is 93.2 Å². The fourth-order valence-electron chi connectivity index (χ4n) is 1.19. The van der Waals surface area contributed by atoms with Crippen molar-refractivity contribution in [2.75, 3.05) is 0 Å². The Morgan fingerprint density at radius 3 is 2.69 bits per heavy atom. The maximum Gasteiger partial charge on any atom is 0.240 e. The molecule has 0 atom stereocenters. The molecule has 0 saturated heterocycles. The second-order valence-electron chi connectivity index (χ2n) is 3.27. The molecule has 1 heterocycles. The van der Waals surface area contributed by atoms with Crippen molar-refractivity contribution in [3.05, 3.63) is 47.9 Å². The van der Waals surface area contributed by atoms with Crippen LogP contribution in [0.4, 0.5) is 0 Å². The maximum atomic E-state index is 8.83. The SMILES string of the molecule is Cc1ccc(Oc2ncncc2C#N)cc1. The number of hydrogen-bond acceptors (Lipinski definition) is 4. The van der Waals surface area contributed by atoms with Crippen molar-refractivity contribution in [2.45, 2.75) is 6.92 Å². The van der Waals surface area contributed by atoms with Crippen LogP contribution in [0.2, 0.25) is 0 Å². The fraction of sp³-hybridized carbons (Fsp3) is 0.0833. The van der Waals surface area contributed by atoms with Crippen molar-refractivity contribution in [2.24, 2.45) is 0 Å². The van der Waals surface area contributed by atoms with E-state index in [4.69, 9.17) is 10.00 Å². The number of aromatic nitrogens is 2. The predicted molar refractivity (Wildman–Crippen MR) is 58.0 cm³/mol. The first kappa shape index (κ1) is 10.1. The molecule has 78 valence electrons. The Balaban J connectivity index is 2.27. The third-order valence-electron chi connectivity index (χ3n) is 2.03. The van der Waals surface area contributed by atoms with Gasteiger partial charge >= 0.3 is 0 Å². The summed E-state index contributed by atoms with van der Waals surface area (Å²) in [6.45, 7) is 2.00. The van der Waals surface area contributed by atoms with Gasteiger partial charge in [0.25, 0.3) is 0 Å². The van der Waals surface area contributed by atoms with Crippen LogP contribution in [0, 0.1) is 18.3 Å². The van der Waals surface area contributed by atoms with E-state index < -0.39 is 0 Å². The van der Waals surface area contributed by atoms with Crippen molar-refractivity contribution in [3.8, 4) is 17.7 Å². The van der Waals surface area contributed by atoms with Crippen LogP contribution in [0.3, 0.4) is 0 Å². The average molecular weight is 211 g/mol. The van der Waals surface area contributed by atoms with Gasteiger partial charge in [-0.1, -0.05) is 17.7 Å². The molecule has 0 unspecified atom stereocenters. The summed E-state index contributed by atoms with van der Waals surface area (Å²) in [5, 5.41) is 8.83. The van der Waals surface area contributed by atoms with E-state index in [9.17, 15) is 0 Å². The van der Waals surface area contributed by atoms with Crippen molar-refractivity contribution >= 4 is 0 Å². The third-order valence-corrected chi connectivity index (χ3v) is 2.03. The monoisotopic (exact) mass is 211 g/mol. The first-order chi connectivity index (χ1) is 7.79. The standard InChI is InChI=1S/C12H9N3O/c1-9-2-4-11(5-3-9)16-12-10(6-13)7-14-8-15-12/h2-5,7-8H,1H3. The average Bonchev–Trinajstić information content (AvgIpc) is 2.33. The van der Waals surface area contributed by atoms with Crippen molar-refractivity contribution < 1.29 is 4.74 Å². The normalized spacial score (nSPS) is 9.50. The maximum absolute atomic E-state index is 8.83. The summed E-state index contributed by atoms with van der Waals surface area (Å²) < 4.78 is 5.48. The van der Waals surface area contributed by atoms with Gasteiger partial charge in [-0.2, -0.15) is 5.26 Å². The highest BCUT2D eigenvalue weighted by molar-refractivity contribution is 5.38. The minimum atomic E-state index is 0.279. The van der Waals surface area contributed by atoms with Gasteiger partial charge in [-0.3, -0.25) is 0 Å². The molecule has 16 heavy (non-hydrogen) atoms. The molecule has 2 aromatic rings. The minimum Gasteiger partial charge on any atom is -0.438 e. The number of hydrogen-bond donors (Lipinski definition) is 0. The van der Waals surface area contributed by atoms with Crippen molar-refractivity contribution in [1.29, 1.82) is 5.26 Å². The van der Waals surface area contributed by atoms with Crippen LogP contribution in [0.1, 0.15) is 11.1 Å². The van der Waals surface area contributed by atoms with E-state index in [0.717, 1.165) is 5.56 Å². The lowest BCUT2D eigenvalue weighted by atomic mass is 10.2. The van der Waals surface area contributed by atoms with E-state index in [1.807, 2.05) is 37.3 Å². The number of benzene rings is 1. The number of aryl methyl sites for hydroxylation is 1. The molecule has 0 fully saturated rings. The molecule has 0 amide bonds. The smallest absolute Gasteiger partial charge is 0.240 e. The van der Waals surface area contributed by atoms with Gasteiger partial charge < -0.3 is 4.74 Å². The van der Waals surface area contributed by atoms with E-state index in [2.05, 4.69) is 9.97 Å². The summed E-state index contributed by atoms with van der Waals surface area (Å²) in [5.41, 5.74) is 1.47. The molecule has 1 aromatic heterocycles. The van der Waals surface area contributed by atoms with E-state index in [1.165, 1.54) is 12.5 Å². The lowest BCUT2D eigenvalue weighted by Crippen LogP contribution is -1.92. The Kier molecular flexibility index (Phi) is 2.79. The molecule has 0 bridgehead atoms. The van der Waals surface area contributed by atoms with Gasteiger partial charge in [-0.15, -0.1) is 0 Å². The molecule has 0 aliphatic rings. The predicted octanol–water partition coefficient (Wildman–Crippen LogP) is 2.45. The molecule has 0 aliphatic heterocycles. The second-order valence-corrected chi connectivity index (χ2v) is 3.27. The zero-order valence-corrected chi connectivity index (χ0v) is 8.71.